The van der Waals surface area contributed by atoms with Crippen LogP contribution in [0.5, 0.6) is 5.75 Å². The Labute approximate surface area is 101 Å². The quantitative estimate of drug-likeness (QED) is 0.816. The number of ether oxygens (including phenoxy) is 1. The molecule has 88 valence electrons. The Morgan fingerprint density at radius 3 is 2.88 bits per heavy atom. The molecule has 0 amide bonds. The number of pyridine rings is 1. The largest absolute Gasteiger partial charge is 0.496 e. The van der Waals surface area contributed by atoms with E-state index in [9.17, 15) is 0 Å². The van der Waals surface area contributed by atoms with Gasteiger partial charge in [0, 0.05) is 23.5 Å². The minimum Gasteiger partial charge on any atom is -0.496 e. The summed E-state index contributed by atoms with van der Waals surface area (Å²) in [7, 11) is 1.68. The Morgan fingerprint density at radius 2 is 2.18 bits per heavy atom. The molecular weight excluding hydrogens is 212 g/mol. The third kappa shape index (κ3) is 2.38. The lowest BCUT2D eigenvalue weighted by atomic mass is 10.1. The van der Waals surface area contributed by atoms with E-state index in [0.717, 1.165) is 34.5 Å². The highest BCUT2D eigenvalue weighted by Gasteiger charge is 2.05. The van der Waals surface area contributed by atoms with E-state index in [-0.39, 0.29) is 0 Å². The van der Waals surface area contributed by atoms with Gasteiger partial charge in [0.25, 0.3) is 0 Å². The van der Waals surface area contributed by atoms with Crippen LogP contribution in [-0.4, -0.2) is 18.6 Å². The molecule has 0 bridgehead atoms. The van der Waals surface area contributed by atoms with Crippen molar-refractivity contribution >= 4 is 16.6 Å². The molecule has 0 fully saturated rings. The number of hydrogen-bond donors (Lipinski definition) is 1. The van der Waals surface area contributed by atoms with Crippen molar-refractivity contribution in [2.75, 3.05) is 19.0 Å². The van der Waals surface area contributed by atoms with Crippen molar-refractivity contribution in [2.45, 2.75) is 6.92 Å². The summed E-state index contributed by atoms with van der Waals surface area (Å²) in [6, 6.07) is 7.91. The van der Waals surface area contributed by atoms with Gasteiger partial charge in [-0.2, -0.15) is 0 Å². The summed E-state index contributed by atoms with van der Waals surface area (Å²) >= 11 is 0. The SMILES string of the molecule is C=C(C)CNc1nccc2c(OC)cccc12. The third-order valence-corrected chi connectivity index (χ3v) is 2.54. The van der Waals surface area contributed by atoms with Gasteiger partial charge in [-0.15, -0.1) is 0 Å². The molecule has 3 heteroatoms. The summed E-state index contributed by atoms with van der Waals surface area (Å²) in [5.74, 6) is 1.73. The maximum Gasteiger partial charge on any atom is 0.134 e. The molecular formula is C14H16N2O. The maximum absolute atomic E-state index is 5.33. The Hall–Kier alpha value is -2.03. The van der Waals surface area contributed by atoms with E-state index in [2.05, 4.69) is 16.9 Å². The molecule has 2 rings (SSSR count). The van der Waals surface area contributed by atoms with Crippen molar-refractivity contribution in [3.8, 4) is 5.75 Å². The second kappa shape index (κ2) is 4.87. The summed E-state index contributed by atoms with van der Waals surface area (Å²) in [6.45, 7) is 6.58. The Bertz CT molecular complexity index is 549. The number of nitrogens with one attached hydrogen (secondary N) is 1. The van der Waals surface area contributed by atoms with Gasteiger partial charge in [-0.05, 0) is 19.1 Å². The van der Waals surface area contributed by atoms with Crippen LogP contribution in [0.3, 0.4) is 0 Å². The zero-order valence-electron chi connectivity index (χ0n) is 10.2. The van der Waals surface area contributed by atoms with Gasteiger partial charge in [-0.1, -0.05) is 24.3 Å². The molecule has 0 saturated heterocycles. The first-order chi connectivity index (χ1) is 8.22. The Kier molecular flexibility index (Phi) is 3.28. The van der Waals surface area contributed by atoms with Crippen LogP contribution in [0, 0.1) is 0 Å². The van der Waals surface area contributed by atoms with Crippen LogP contribution in [-0.2, 0) is 0 Å². The van der Waals surface area contributed by atoms with Gasteiger partial charge < -0.3 is 10.1 Å². The van der Waals surface area contributed by atoms with Crippen LogP contribution in [0.4, 0.5) is 5.82 Å². The fraction of sp³-hybridized carbons (Fsp3) is 0.214. The van der Waals surface area contributed by atoms with Gasteiger partial charge in [0.15, 0.2) is 0 Å². The summed E-state index contributed by atoms with van der Waals surface area (Å²) in [5, 5.41) is 5.40. The number of aromatic nitrogens is 1. The first-order valence-electron chi connectivity index (χ1n) is 5.52. The molecule has 1 heterocycles. The number of nitrogens with zero attached hydrogens (tertiary/aromatic N) is 1. The van der Waals surface area contributed by atoms with E-state index in [1.807, 2.05) is 31.2 Å². The number of hydrogen-bond acceptors (Lipinski definition) is 3. The van der Waals surface area contributed by atoms with Crippen molar-refractivity contribution in [3.05, 3.63) is 42.6 Å². The van der Waals surface area contributed by atoms with Gasteiger partial charge in [0.1, 0.15) is 11.6 Å². The molecule has 0 atom stereocenters. The molecule has 0 aliphatic carbocycles. The summed E-state index contributed by atoms with van der Waals surface area (Å²) < 4.78 is 5.33. The molecule has 0 aliphatic heterocycles. The van der Waals surface area contributed by atoms with Gasteiger partial charge >= 0.3 is 0 Å². The van der Waals surface area contributed by atoms with Crippen LogP contribution in [0.15, 0.2) is 42.6 Å². The number of benzene rings is 1. The van der Waals surface area contributed by atoms with Gasteiger partial charge in [0.2, 0.25) is 0 Å². The van der Waals surface area contributed by atoms with Crippen LogP contribution in [0.2, 0.25) is 0 Å². The van der Waals surface area contributed by atoms with Crippen molar-refractivity contribution in [1.29, 1.82) is 0 Å². The molecule has 1 aromatic carbocycles. The normalized spacial score (nSPS) is 10.2. The Morgan fingerprint density at radius 1 is 1.35 bits per heavy atom. The summed E-state index contributed by atoms with van der Waals surface area (Å²) in [6.07, 6.45) is 1.78. The fourth-order valence-corrected chi connectivity index (χ4v) is 1.73. The molecule has 0 radical (unpaired) electrons. The topological polar surface area (TPSA) is 34.2 Å². The number of rotatable bonds is 4. The molecule has 17 heavy (non-hydrogen) atoms. The van der Waals surface area contributed by atoms with Gasteiger partial charge in [0.05, 0.1) is 7.11 Å². The van der Waals surface area contributed by atoms with Crippen LogP contribution in [0.25, 0.3) is 10.8 Å². The monoisotopic (exact) mass is 228 g/mol. The predicted molar refractivity (Wildman–Crippen MR) is 71.6 cm³/mol. The predicted octanol–water partition coefficient (Wildman–Crippen LogP) is 3.23. The minimum absolute atomic E-state index is 0.726. The van der Waals surface area contributed by atoms with E-state index in [1.165, 1.54) is 0 Å². The van der Waals surface area contributed by atoms with Gasteiger partial charge in [-0.3, -0.25) is 0 Å². The summed E-state index contributed by atoms with van der Waals surface area (Å²) in [4.78, 5) is 4.35. The Balaban J connectivity index is 2.46. The highest BCUT2D eigenvalue weighted by molar-refractivity contribution is 5.95. The molecule has 0 unspecified atom stereocenters. The third-order valence-electron chi connectivity index (χ3n) is 2.54. The minimum atomic E-state index is 0.726. The van der Waals surface area contributed by atoms with E-state index in [0.29, 0.717) is 0 Å². The number of fused-ring (bicyclic) bond motifs is 1. The lowest BCUT2D eigenvalue weighted by Crippen LogP contribution is -2.04. The molecule has 2 aromatic rings. The van der Waals surface area contributed by atoms with Crippen LogP contribution in [0.1, 0.15) is 6.92 Å². The molecule has 0 spiro atoms. The second-order valence-electron chi connectivity index (χ2n) is 4.03. The van der Waals surface area contributed by atoms with E-state index in [4.69, 9.17) is 4.74 Å². The summed E-state index contributed by atoms with van der Waals surface area (Å²) in [5.41, 5.74) is 1.08. The zero-order valence-corrected chi connectivity index (χ0v) is 10.2. The van der Waals surface area contributed by atoms with Crippen LogP contribution >= 0.6 is 0 Å². The molecule has 1 aromatic heterocycles. The van der Waals surface area contributed by atoms with Crippen molar-refractivity contribution in [2.24, 2.45) is 0 Å². The van der Waals surface area contributed by atoms with Crippen LogP contribution < -0.4 is 10.1 Å². The smallest absolute Gasteiger partial charge is 0.134 e. The van der Waals surface area contributed by atoms with Crippen molar-refractivity contribution in [1.82, 2.24) is 4.98 Å². The fourth-order valence-electron chi connectivity index (χ4n) is 1.73. The molecule has 0 saturated carbocycles. The van der Waals surface area contributed by atoms with E-state index >= 15 is 0 Å². The molecule has 3 nitrogen and oxygen atoms in total. The lowest BCUT2D eigenvalue weighted by molar-refractivity contribution is 0.420. The average Bonchev–Trinajstić information content (AvgIpc) is 2.35. The molecule has 1 N–H and O–H groups in total. The lowest BCUT2D eigenvalue weighted by Gasteiger charge is -2.10. The van der Waals surface area contributed by atoms with Crippen molar-refractivity contribution in [3.63, 3.8) is 0 Å². The van der Waals surface area contributed by atoms with E-state index < -0.39 is 0 Å². The maximum atomic E-state index is 5.33. The van der Waals surface area contributed by atoms with E-state index in [1.54, 1.807) is 13.3 Å². The first-order valence-corrected chi connectivity index (χ1v) is 5.52. The standard InChI is InChI=1S/C14H16N2O/c1-10(2)9-16-14-12-5-4-6-13(17-3)11(12)7-8-15-14/h4-8H,1,9H2,2-3H3,(H,15,16). The molecule has 0 aliphatic rings. The highest BCUT2D eigenvalue weighted by atomic mass is 16.5. The average molecular weight is 228 g/mol. The van der Waals surface area contributed by atoms with Gasteiger partial charge in [-0.25, -0.2) is 4.98 Å². The first kappa shape index (κ1) is 11.5. The number of methoxy groups -OCH3 is 1. The van der Waals surface area contributed by atoms with Crippen molar-refractivity contribution < 1.29 is 4.74 Å². The second-order valence-corrected chi connectivity index (χ2v) is 4.03. The zero-order chi connectivity index (χ0) is 12.3. The number of anilines is 1. The highest BCUT2D eigenvalue weighted by Crippen LogP contribution is 2.28.